The molecule has 10 heteroatoms. The summed E-state index contributed by atoms with van der Waals surface area (Å²) in [5.41, 5.74) is 0. The molecule has 0 aliphatic rings. The molecule has 0 aliphatic carbocycles. The summed E-state index contributed by atoms with van der Waals surface area (Å²) in [5.74, 6) is -3.08. The number of anilines is 1. The van der Waals surface area contributed by atoms with E-state index in [1.807, 2.05) is 0 Å². The molecule has 1 amide bonds. The van der Waals surface area contributed by atoms with Crippen molar-refractivity contribution in [3.05, 3.63) is 5.01 Å². The van der Waals surface area contributed by atoms with Crippen molar-refractivity contribution in [2.24, 2.45) is 0 Å². The summed E-state index contributed by atoms with van der Waals surface area (Å²) in [6, 6.07) is 0. The molecule has 1 aromatic heterocycles. The van der Waals surface area contributed by atoms with Gasteiger partial charge >= 0.3 is 18.1 Å². The Morgan fingerprint density at radius 2 is 2.00 bits per heavy atom. The summed E-state index contributed by atoms with van der Waals surface area (Å²) in [5, 5.41) is 17.0. The van der Waals surface area contributed by atoms with Crippen LogP contribution in [0.25, 0.3) is 0 Å². The van der Waals surface area contributed by atoms with E-state index in [4.69, 9.17) is 5.11 Å². The molecular weight excluding hydrogens is 275 g/mol. The van der Waals surface area contributed by atoms with Crippen LogP contribution in [0.3, 0.4) is 0 Å². The molecule has 0 radical (unpaired) electrons. The van der Waals surface area contributed by atoms with E-state index in [2.05, 4.69) is 10.2 Å². The molecule has 0 saturated heterocycles. The Hall–Kier alpha value is -1.71. The first-order chi connectivity index (χ1) is 8.29. The van der Waals surface area contributed by atoms with E-state index < -0.39 is 18.1 Å². The Morgan fingerprint density at radius 1 is 1.33 bits per heavy atom. The highest BCUT2D eigenvalue weighted by molar-refractivity contribution is 7.15. The number of hydrogen-bond acceptors (Lipinski definition) is 5. The number of aryl methyl sites for hydroxylation is 1. The van der Waals surface area contributed by atoms with Gasteiger partial charge in [0.1, 0.15) is 5.01 Å². The van der Waals surface area contributed by atoms with Crippen molar-refractivity contribution in [3.63, 3.8) is 0 Å². The number of carboxylic acid groups (broad SMARTS) is 1. The number of alkyl halides is 3. The van der Waals surface area contributed by atoms with Crippen molar-refractivity contribution >= 4 is 28.3 Å². The van der Waals surface area contributed by atoms with Crippen LogP contribution >= 0.6 is 11.3 Å². The number of aromatic nitrogens is 2. The van der Waals surface area contributed by atoms with Gasteiger partial charge in [-0.25, -0.2) is 0 Å². The van der Waals surface area contributed by atoms with Crippen LogP contribution in [0, 0.1) is 0 Å². The fourth-order valence-electron chi connectivity index (χ4n) is 0.964. The second-order valence-electron chi connectivity index (χ2n) is 3.20. The van der Waals surface area contributed by atoms with E-state index in [0.29, 0.717) is 11.4 Å². The maximum absolute atomic E-state index is 11.9. The van der Waals surface area contributed by atoms with Gasteiger partial charge in [-0.05, 0) is 6.42 Å². The number of amides is 1. The molecular formula is C8H8F3N3O3S. The van der Waals surface area contributed by atoms with E-state index in [0.717, 1.165) is 11.3 Å². The zero-order valence-corrected chi connectivity index (χ0v) is 9.64. The van der Waals surface area contributed by atoms with Crippen LogP contribution in [0.1, 0.15) is 17.8 Å². The number of carbonyl (C=O) groups is 2. The van der Waals surface area contributed by atoms with Gasteiger partial charge in [0.2, 0.25) is 5.13 Å². The molecule has 0 fully saturated rings. The first kappa shape index (κ1) is 14.4. The molecule has 18 heavy (non-hydrogen) atoms. The highest BCUT2D eigenvalue weighted by atomic mass is 32.1. The number of carbonyl (C=O) groups excluding carboxylic acids is 1. The number of nitrogens with one attached hydrogen (secondary N) is 1. The molecule has 0 atom stereocenters. The van der Waals surface area contributed by atoms with E-state index in [-0.39, 0.29) is 18.0 Å². The summed E-state index contributed by atoms with van der Waals surface area (Å²) in [6.07, 6.45) is -4.46. The summed E-state index contributed by atoms with van der Waals surface area (Å²) in [7, 11) is 0. The maximum atomic E-state index is 11.9. The largest absolute Gasteiger partial charge is 0.481 e. The van der Waals surface area contributed by atoms with Crippen molar-refractivity contribution in [2.45, 2.75) is 25.4 Å². The van der Waals surface area contributed by atoms with Crippen molar-refractivity contribution in [1.82, 2.24) is 10.2 Å². The molecule has 1 rings (SSSR count). The van der Waals surface area contributed by atoms with Crippen LogP contribution in [-0.2, 0) is 16.0 Å². The fraction of sp³-hybridized carbons (Fsp3) is 0.500. The lowest BCUT2D eigenvalue weighted by Crippen LogP contribution is -2.29. The average Bonchev–Trinajstić information content (AvgIpc) is 2.63. The third-order valence-electron chi connectivity index (χ3n) is 1.73. The first-order valence-electron chi connectivity index (χ1n) is 4.71. The minimum atomic E-state index is -4.98. The SMILES string of the molecule is O=C(O)CCCc1nnc(NC(=O)C(F)(F)F)s1. The topological polar surface area (TPSA) is 92.2 Å². The van der Waals surface area contributed by atoms with E-state index in [9.17, 15) is 22.8 Å². The summed E-state index contributed by atoms with van der Waals surface area (Å²) in [6.45, 7) is 0. The average molecular weight is 283 g/mol. The van der Waals surface area contributed by atoms with Crippen LogP contribution in [-0.4, -0.2) is 33.4 Å². The lowest BCUT2D eigenvalue weighted by Gasteiger charge is -2.03. The van der Waals surface area contributed by atoms with Gasteiger partial charge in [-0.3, -0.25) is 14.9 Å². The molecule has 0 bridgehead atoms. The zero-order chi connectivity index (χ0) is 13.8. The normalized spacial score (nSPS) is 11.3. The number of hydrogen-bond donors (Lipinski definition) is 2. The third-order valence-corrected chi connectivity index (χ3v) is 2.62. The summed E-state index contributed by atoms with van der Waals surface area (Å²) in [4.78, 5) is 20.8. The van der Waals surface area contributed by atoms with Gasteiger partial charge in [-0.1, -0.05) is 11.3 Å². The van der Waals surface area contributed by atoms with Gasteiger partial charge in [-0.2, -0.15) is 13.2 Å². The Kier molecular flexibility index (Phi) is 4.59. The molecule has 2 N–H and O–H groups in total. The van der Waals surface area contributed by atoms with Crippen LogP contribution in [0.5, 0.6) is 0 Å². The minimum absolute atomic E-state index is 0.0657. The Bertz CT molecular complexity index is 446. The molecule has 100 valence electrons. The van der Waals surface area contributed by atoms with Crippen LogP contribution in [0.15, 0.2) is 0 Å². The monoisotopic (exact) mass is 283 g/mol. The Balaban J connectivity index is 2.48. The molecule has 0 unspecified atom stereocenters. The van der Waals surface area contributed by atoms with Crippen molar-refractivity contribution < 1.29 is 27.9 Å². The Morgan fingerprint density at radius 3 is 2.56 bits per heavy atom. The highest BCUT2D eigenvalue weighted by Gasteiger charge is 2.39. The van der Waals surface area contributed by atoms with Gasteiger partial charge in [0.25, 0.3) is 0 Å². The van der Waals surface area contributed by atoms with Gasteiger partial charge in [-0.15, -0.1) is 10.2 Å². The van der Waals surface area contributed by atoms with Crippen LogP contribution in [0.4, 0.5) is 18.3 Å². The standard InChI is InChI=1S/C8H8F3N3O3S/c9-8(10,11)6(17)12-7-14-13-4(18-7)2-1-3-5(15)16/h1-3H2,(H,15,16)(H,12,14,17). The van der Waals surface area contributed by atoms with Gasteiger partial charge in [0.15, 0.2) is 0 Å². The molecule has 1 aromatic rings. The lowest BCUT2D eigenvalue weighted by molar-refractivity contribution is -0.167. The van der Waals surface area contributed by atoms with Crippen LogP contribution < -0.4 is 5.32 Å². The number of halogens is 3. The van der Waals surface area contributed by atoms with Crippen molar-refractivity contribution in [3.8, 4) is 0 Å². The molecule has 1 heterocycles. The lowest BCUT2D eigenvalue weighted by atomic mass is 10.2. The molecule has 6 nitrogen and oxygen atoms in total. The molecule has 0 aliphatic heterocycles. The van der Waals surface area contributed by atoms with E-state index in [1.165, 1.54) is 0 Å². The zero-order valence-electron chi connectivity index (χ0n) is 8.82. The quantitative estimate of drug-likeness (QED) is 0.853. The highest BCUT2D eigenvalue weighted by Crippen LogP contribution is 2.21. The fourth-order valence-corrected chi connectivity index (χ4v) is 1.74. The van der Waals surface area contributed by atoms with Gasteiger partial charge < -0.3 is 5.11 Å². The number of aliphatic carboxylic acids is 1. The minimum Gasteiger partial charge on any atom is -0.481 e. The van der Waals surface area contributed by atoms with E-state index in [1.54, 1.807) is 5.32 Å². The van der Waals surface area contributed by atoms with Gasteiger partial charge in [0, 0.05) is 12.8 Å². The van der Waals surface area contributed by atoms with Crippen molar-refractivity contribution in [2.75, 3.05) is 5.32 Å². The molecule has 0 saturated carbocycles. The third kappa shape index (κ3) is 4.65. The summed E-state index contributed by atoms with van der Waals surface area (Å²) < 4.78 is 35.7. The maximum Gasteiger partial charge on any atom is 0.471 e. The van der Waals surface area contributed by atoms with Crippen LogP contribution in [0.2, 0.25) is 0 Å². The predicted molar refractivity (Wildman–Crippen MR) is 55.2 cm³/mol. The number of carboxylic acids is 1. The first-order valence-corrected chi connectivity index (χ1v) is 5.53. The van der Waals surface area contributed by atoms with E-state index >= 15 is 0 Å². The van der Waals surface area contributed by atoms with Crippen molar-refractivity contribution in [1.29, 1.82) is 0 Å². The summed E-state index contributed by atoms with van der Waals surface area (Å²) >= 11 is 0.782. The second-order valence-corrected chi connectivity index (χ2v) is 4.26. The Labute approximate surface area is 103 Å². The molecule has 0 aromatic carbocycles. The number of rotatable bonds is 5. The smallest absolute Gasteiger partial charge is 0.471 e. The second kappa shape index (κ2) is 5.76. The number of nitrogens with zero attached hydrogens (tertiary/aromatic N) is 2. The molecule has 0 spiro atoms. The predicted octanol–water partition coefficient (Wildman–Crippen LogP) is 1.45. The van der Waals surface area contributed by atoms with Gasteiger partial charge in [0.05, 0.1) is 0 Å².